The van der Waals surface area contributed by atoms with Gasteiger partial charge in [0.1, 0.15) is 0 Å². The summed E-state index contributed by atoms with van der Waals surface area (Å²) in [5, 5.41) is 0. The zero-order valence-corrected chi connectivity index (χ0v) is 12.6. The van der Waals surface area contributed by atoms with Crippen molar-refractivity contribution in [1.29, 1.82) is 0 Å². The molecule has 104 valence electrons. The third-order valence-corrected chi connectivity index (χ3v) is 4.83. The Morgan fingerprint density at radius 3 is 3.00 bits per heavy atom. The van der Waals surface area contributed by atoms with Gasteiger partial charge in [-0.25, -0.2) is 0 Å². The van der Waals surface area contributed by atoms with Crippen LogP contribution < -0.4 is 5.73 Å². The predicted molar refractivity (Wildman–Crippen MR) is 77.9 cm³/mol. The van der Waals surface area contributed by atoms with Crippen LogP contribution in [0.15, 0.2) is 28.7 Å². The lowest BCUT2D eigenvalue weighted by Gasteiger charge is -2.39. The molecule has 2 heterocycles. The molecular formula is C15H20BrNO2. The van der Waals surface area contributed by atoms with Crippen LogP contribution >= 0.6 is 15.9 Å². The predicted octanol–water partition coefficient (Wildman–Crippen LogP) is 3.03. The number of hydrogen-bond donors (Lipinski definition) is 1. The van der Waals surface area contributed by atoms with Crippen molar-refractivity contribution in [3.63, 3.8) is 0 Å². The minimum absolute atomic E-state index is 0.0629. The first-order valence-electron chi connectivity index (χ1n) is 6.91. The summed E-state index contributed by atoms with van der Waals surface area (Å²) >= 11 is 3.51. The molecule has 2 N–H and O–H groups in total. The van der Waals surface area contributed by atoms with Gasteiger partial charge in [0, 0.05) is 30.1 Å². The standard InChI is InChI=1S/C15H20BrNO2/c16-13-3-1-2-11(8-13)14(17)12-4-6-19-15(9-12)5-7-18-10-15/h1-3,8,12,14H,4-7,9-10,17H2. The Bertz CT molecular complexity index is 446. The van der Waals surface area contributed by atoms with E-state index in [2.05, 4.69) is 28.1 Å². The zero-order chi connectivity index (χ0) is 13.3. The van der Waals surface area contributed by atoms with Crippen molar-refractivity contribution in [2.45, 2.75) is 30.9 Å². The Balaban J connectivity index is 1.74. The number of nitrogens with two attached hydrogens (primary N) is 1. The number of ether oxygens (including phenoxy) is 2. The topological polar surface area (TPSA) is 44.5 Å². The van der Waals surface area contributed by atoms with Gasteiger partial charge in [-0.2, -0.15) is 0 Å². The zero-order valence-electron chi connectivity index (χ0n) is 11.0. The van der Waals surface area contributed by atoms with E-state index in [9.17, 15) is 0 Å². The molecule has 3 rings (SSSR count). The first kappa shape index (κ1) is 13.6. The van der Waals surface area contributed by atoms with Crippen LogP contribution in [0.5, 0.6) is 0 Å². The molecule has 4 heteroatoms. The highest BCUT2D eigenvalue weighted by Gasteiger charge is 2.42. The van der Waals surface area contributed by atoms with Crippen molar-refractivity contribution in [1.82, 2.24) is 0 Å². The maximum atomic E-state index is 6.47. The Kier molecular flexibility index (Phi) is 3.94. The van der Waals surface area contributed by atoms with E-state index in [0.29, 0.717) is 5.92 Å². The summed E-state index contributed by atoms with van der Waals surface area (Å²) in [4.78, 5) is 0. The van der Waals surface area contributed by atoms with Crippen LogP contribution in [-0.4, -0.2) is 25.4 Å². The average Bonchev–Trinajstić information content (AvgIpc) is 2.86. The molecule has 1 spiro atoms. The molecule has 0 bridgehead atoms. The molecule has 1 aromatic rings. The Labute approximate surface area is 122 Å². The van der Waals surface area contributed by atoms with Gasteiger partial charge in [-0.1, -0.05) is 28.1 Å². The summed E-state index contributed by atoms with van der Waals surface area (Å²) in [7, 11) is 0. The van der Waals surface area contributed by atoms with Gasteiger partial charge in [0.15, 0.2) is 0 Å². The second kappa shape index (κ2) is 5.52. The van der Waals surface area contributed by atoms with Gasteiger partial charge in [-0.15, -0.1) is 0 Å². The first-order chi connectivity index (χ1) is 9.19. The number of halogens is 1. The molecule has 0 radical (unpaired) electrons. The van der Waals surface area contributed by atoms with E-state index < -0.39 is 0 Å². The van der Waals surface area contributed by atoms with Gasteiger partial charge < -0.3 is 15.2 Å². The summed E-state index contributed by atoms with van der Waals surface area (Å²) in [6.45, 7) is 2.35. The van der Waals surface area contributed by atoms with E-state index in [1.165, 1.54) is 5.56 Å². The third kappa shape index (κ3) is 2.87. The van der Waals surface area contributed by atoms with Gasteiger partial charge >= 0.3 is 0 Å². The second-order valence-electron chi connectivity index (χ2n) is 5.67. The maximum Gasteiger partial charge on any atom is 0.0940 e. The van der Waals surface area contributed by atoms with Crippen molar-refractivity contribution in [2.75, 3.05) is 19.8 Å². The summed E-state index contributed by atoms with van der Waals surface area (Å²) < 4.78 is 12.6. The Morgan fingerprint density at radius 2 is 2.26 bits per heavy atom. The molecule has 1 aromatic carbocycles. The number of rotatable bonds is 2. The fourth-order valence-corrected chi connectivity index (χ4v) is 3.64. The first-order valence-corrected chi connectivity index (χ1v) is 7.71. The monoisotopic (exact) mass is 325 g/mol. The quantitative estimate of drug-likeness (QED) is 0.908. The van der Waals surface area contributed by atoms with Crippen molar-refractivity contribution in [3.8, 4) is 0 Å². The molecule has 0 saturated carbocycles. The van der Waals surface area contributed by atoms with Gasteiger partial charge in [-0.05, 0) is 36.5 Å². The van der Waals surface area contributed by atoms with Crippen LogP contribution in [0.25, 0.3) is 0 Å². The molecular weight excluding hydrogens is 306 g/mol. The molecule has 0 aliphatic carbocycles. The van der Waals surface area contributed by atoms with Crippen LogP contribution in [-0.2, 0) is 9.47 Å². The van der Waals surface area contributed by atoms with Gasteiger partial charge in [-0.3, -0.25) is 0 Å². The normalized spacial score (nSPS) is 32.6. The molecule has 2 saturated heterocycles. The largest absolute Gasteiger partial charge is 0.378 e. The Morgan fingerprint density at radius 1 is 1.37 bits per heavy atom. The van der Waals surface area contributed by atoms with E-state index in [1.807, 2.05) is 12.1 Å². The summed E-state index contributed by atoms with van der Waals surface area (Å²) in [6, 6.07) is 8.40. The molecule has 3 unspecified atom stereocenters. The molecule has 3 nitrogen and oxygen atoms in total. The molecule has 2 aliphatic heterocycles. The molecule has 0 aromatic heterocycles. The van der Waals surface area contributed by atoms with E-state index in [-0.39, 0.29) is 11.6 Å². The molecule has 3 atom stereocenters. The third-order valence-electron chi connectivity index (χ3n) is 4.34. The molecule has 2 aliphatic rings. The minimum Gasteiger partial charge on any atom is -0.378 e. The van der Waals surface area contributed by atoms with Gasteiger partial charge in [0.05, 0.1) is 12.2 Å². The lowest BCUT2D eigenvalue weighted by atomic mass is 9.79. The highest BCUT2D eigenvalue weighted by Crippen LogP contribution is 2.40. The van der Waals surface area contributed by atoms with E-state index in [0.717, 1.165) is 43.6 Å². The van der Waals surface area contributed by atoms with Crippen LogP contribution in [0.1, 0.15) is 30.9 Å². The highest BCUT2D eigenvalue weighted by atomic mass is 79.9. The molecule has 2 fully saturated rings. The van der Waals surface area contributed by atoms with Crippen LogP contribution in [0.2, 0.25) is 0 Å². The summed E-state index contributed by atoms with van der Waals surface area (Å²) in [5.41, 5.74) is 7.61. The number of benzene rings is 1. The van der Waals surface area contributed by atoms with Crippen molar-refractivity contribution >= 4 is 15.9 Å². The SMILES string of the molecule is NC(c1cccc(Br)c1)C1CCOC2(CCOC2)C1. The minimum atomic E-state index is -0.0629. The lowest BCUT2D eigenvalue weighted by Crippen LogP contribution is -2.43. The summed E-state index contributed by atoms with van der Waals surface area (Å²) in [5.74, 6) is 0.477. The van der Waals surface area contributed by atoms with Crippen molar-refractivity contribution < 1.29 is 9.47 Å². The van der Waals surface area contributed by atoms with E-state index >= 15 is 0 Å². The number of hydrogen-bond acceptors (Lipinski definition) is 3. The van der Waals surface area contributed by atoms with E-state index in [1.54, 1.807) is 0 Å². The fourth-order valence-electron chi connectivity index (χ4n) is 3.22. The maximum absolute atomic E-state index is 6.47. The van der Waals surface area contributed by atoms with Crippen LogP contribution in [0, 0.1) is 5.92 Å². The fraction of sp³-hybridized carbons (Fsp3) is 0.600. The average molecular weight is 326 g/mol. The second-order valence-corrected chi connectivity index (χ2v) is 6.58. The van der Waals surface area contributed by atoms with Crippen LogP contribution in [0.4, 0.5) is 0 Å². The van der Waals surface area contributed by atoms with Crippen LogP contribution in [0.3, 0.4) is 0 Å². The molecule has 0 amide bonds. The van der Waals surface area contributed by atoms with Gasteiger partial charge in [0.2, 0.25) is 0 Å². The Hall–Kier alpha value is -0.420. The highest BCUT2D eigenvalue weighted by molar-refractivity contribution is 9.10. The molecule has 19 heavy (non-hydrogen) atoms. The smallest absolute Gasteiger partial charge is 0.0940 e. The van der Waals surface area contributed by atoms with Gasteiger partial charge in [0.25, 0.3) is 0 Å². The van der Waals surface area contributed by atoms with Crippen molar-refractivity contribution in [3.05, 3.63) is 34.3 Å². The van der Waals surface area contributed by atoms with E-state index in [4.69, 9.17) is 15.2 Å². The van der Waals surface area contributed by atoms with Crippen molar-refractivity contribution in [2.24, 2.45) is 11.7 Å². The summed E-state index contributed by atoms with van der Waals surface area (Å²) in [6.07, 6.45) is 3.06. The lowest BCUT2D eigenvalue weighted by molar-refractivity contribution is -0.101.